The van der Waals surface area contributed by atoms with Crippen LogP contribution < -0.4 is 10.6 Å². The maximum absolute atomic E-state index is 12.2. The number of nitrogens with zero attached hydrogens (tertiary/aromatic N) is 1. The molecule has 3 aromatic rings. The van der Waals surface area contributed by atoms with Crippen molar-refractivity contribution in [2.45, 2.75) is 6.92 Å². The van der Waals surface area contributed by atoms with E-state index in [0.29, 0.717) is 11.3 Å². The number of pyridine rings is 1. The molecule has 0 bridgehead atoms. The molecular formula is C19H16BrN3O. The second-order valence-corrected chi connectivity index (χ2v) is 6.25. The van der Waals surface area contributed by atoms with Crippen LogP contribution in [0.5, 0.6) is 0 Å². The fourth-order valence-electron chi connectivity index (χ4n) is 2.23. The Morgan fingerprint density at radius 1 is 1.04 bits per heavy atom. The van der Waals surface area contributed by atoms with Gasteiger partial charge in [-0.1, -0.05) is 40.2 Å². The number of carbonyl (C=O) groups excluding carboxylic acids is 1. The number of rotatable bonds is 4. The zero-order valence-corrected chi connectivity index (χ0v) is 14.7. The van der Waals surface area contributed by atoms with Crippen LogP contribution in [0, 0.1) is 6.92 Å². The van der Waals surface area contributed by atoms with Crippen LogP contribution >= 0.6 is 15.9 Å². The largest absolute Gasteiger partial charge is 0.340 e. The number of aromatic nitrogens is 1. The molecule has 120 valence electrons. The molecule has 0 aliphatic carbocycles. The van der Waals surface area contributed by atoms with Gasteiger partial charge < -0.3 is 10.6 Å². The second-order valence-electron chi connectivity index (χ2n) is 5.34. The van der Waals surface area contributed by atoms with Gasteiger partial charge in [0.15, 0.2) is 0 Å². The normalized spacial score (nSPS) is 10.2. The molecule has 0 atom stereocenters. The summed E-state index contributed by atoms with van der Waals surface area (Å²) in [5.74, 6) is 0.558. The van der Waals surface area contributed by atoms with Crippen molar-refractivity contribution in [3.05, 3.63) is 82.5 Å². The summed E-state index contributed by atoms with van der Waals surface area (Å²) < 4.78 is 0.867. The first-order chi connectivity index (χ1) is 11.6. The quantitative estimate of drug-likeness (QED) is 0.656. The molecule has 5 heteroatoms. The minimum Gasteiger partial charge on any atom is -0.340 e. The Morgan fingerprint density at radius 3 is 2.58 bits per heavy atom. The molecule has 0 unspecified atom stereocenters. The van der Waals surface area contributed by atoms with Crippen LogP contribution in [0.1, 0.15) is 15.9 Å². The SMILES string of the molecule is Cc1ccccc1Nc1ccc(NC(=O)c2cccc(Br)c2)cn1. The van der Waals surface area contributed by atoms with Crippen LogP contribution in [0.2, 0.25) is 0 Å². The Hall–Kier alpha value is -2.66. The third-order valence-electron chi connectivity index (χ3n) is 3.52. The van der Waals surface area contributed by atoms with Gasteiger partial charge in [-0.15, -0.1) is 0 Å². The van der Waals surface area contributed by atoms with Crippen LogP contribution in [-0.2, 0) is 0 Å². The predicted molar refractivity (Wildman–Crippen MR) is 101 cm³/mol. The minimum atomic E-state index is -0.169. The molecule has 0 saturated heterocycles. The Balaban J connectivity index is 1.68. The highest BCUT2D eigenvalue weighted by molar-refractivity contribution is 9.10. The Kier molecular flexibility index (Phi) is 4.91. The molecule has 4 nitrogen and oxygen atoms in total. The summed E-state index contributed by atoms with van der Waals surface area (Å²) in [5.41, 5.74) is 3.39. The fraction of sp³-hybridized carbons (Fsp3) is 0.0526. The van der Waals surface area contributed by atoms with Crippen molar-refractivity contribution >= 4 is 39.0 Å². The van der Waals surface area contributed by atoms with Crippen LogP contribution in [-0.4, -0.2) is 10.9 Å². The van der Waals surface area contributed by atoms with Gasteiger partial charge in [0.25, 0.3) is 5.91 Å². The van der Waals surface area contributed by atoms with Crippen molar-refractivity contribution in [3.8, 4) is 0 Å². The van der Waals surface area contributed by atoms with Crippen molar-refractivity contribution < 1.29 is 4.79 Å². The Bertz CT molecular complexity index is 862. The van der Waals surface area contributed by atoms with Gasteiger partial charge in [0.1, 0.15) is 5.82 Å². The van der Waals surface area contributed by atoms with Crippen molar-refractivity contribution in [2.24, 2.45) is 0 Å². The van der Waals surface area contributed by atoms with E-state index in [2.05, 4.69) is 31.5 Å². The van der Waals surface area contributed by atoms with E-state index in [-0.39, 0.29) is 5.91 Å². The van der Waals surface area contributed by atoms with Crippen molar-refractivity contribution in [2.75, 3.05) is 10.6 Å². The van der Waals surface area contributed by atoms with Crippen molar-refractivity contribution in [1.29, 1.82) is 0 Å². The molecule has 24 heavy (non-hydrogen) atoms. The van der Waals surface area contributed by atoms with E-state index in [0.717, 1.165) is 21.5 Å². The first-order valence-corrected chi connectivity index (χ1v) is 8.27. The molecule has 1 heterocycles. The topological polar surface area (TPSA) is 54.0 Å². The first-order valence-electron chi connectivity index (χ1n) is 7.47. The highest BCUT2D eigenvalue weighted by Gasteiger charge is 2.07. The maximum atomic E-state index is 12.2. The van der Waals surface area contributed by atoms with Crippen molar-refractivity contribution in [3.63, 3.8) is 0 Å². The third-order valence-corrected chi connectivity index (χ3v) is 4.01. The molecule has 1 aromatic heterocycles. The number of carbonyl (C=O) groups is 1. The molecule has 0 radical (unpaired) electrons. The molecule has 0 saturated carbocycles. The number of hydrogen-bond donors (Lipinski definition) is 2. The zero-order chi connectivity index (χ0) is 16.9. The summed E-state index contributed by atoms with van der Waals surface area (Å²) >= 11 is 3.36. The number of para-hydroxylation sites is 1. The van der Waals surface area contributed by atoms with E-state index in [1.54, 1.807) is 18.3 Å². The van der Waals surface area contributed by atoms with Gasteiger partial charge in [-0.05, 0) is 48.9 Å². The molecule has 0 aliphatic heterocycles. The Morgan fingerprint density at radius 2 is 1.88 bits per heavy atom. The number of amides is 1. The van der Waals surface area contributed by atoms with E-state index in [9.17, 15) is 4.79 Å². The van der Waals surface area contributed by atoms with Gasteiger partial charge in [-0.3, -0.25) is 4.79 Å². The Labute approximate surface area is 149 Å². The molecule has 0 spiro atoms. The predicted octanol–water partition coefficient (Wildman–Crippen LogP) is 5.15. The standard InChI is InChI=1S/C19H16BrN3O/c1-13-5-2-3-8-17(13)23-18-10-9-16(12-21-18)22-19(24)14-6-4-7-15(20)11-14/h2-12H,1H3,(H,21,23)(H,22,24). The van der Waals surface area contributed by atoms with E-state index in [1.165, 1.54) is 0 Å². The van der Waals surface area contributed by atoms with E-state index in [1.807, 2.05) is 55.5 Å². The lowest BCUT2D eigenvalue weighted by Gasteiger charge is -2.10. The summed E-state index contributed by atoms with van der Waals surface area (Å²) in [4.78, 5) is 16.6. The van der Waals surface area contributed by atoms with E-state index >= 15 is 0 Å². The minimum absolute atomic E-state index is 0.169. The number of halogens is 1. The molecule has 0 fully saturated rings. The number of benzene rings is 2. The number of nitrogens with one attached hydrogen (secondary N) is 2. The highest BCUT2D eigenvalue weighted by Crippen LogP contribution is 2.20. The molecule has 3 rings (SSSR count). The smallest absolute Gasteiger partial charge is 0.255 e. The van der Waals surface area contributed by atoms with Gasteiger partial charge in [-0.2, -0.15) is 0 Å². The average Bonchev–Trinajstić information content (AvgIpc) is 2.58. The summed E-state index contributed by atoms with van der Waals surface area (Å²) in [6.45, 7) is 2.04. The van der Waals surface area contributed by atoms with Crippen LogP contribution in [0.4, 0.5) is 17.2 Å². The van der Waals surface area contributed by atoms with Crippen LogP contribution in [0.15, 0.2) is 71.3 Å². The fourth-order valence-corrected chi connectivity index (χ4v) is 2.63. The molecule has 2 N–H and O–H groups in total. The molecule has 1 amide bonds. The van der Waals surface area contributed by atoms with Gasteiger partial charge in [0.2, 0.25) is 0 Å². The summed E-state index contributed by atoms with van der Waals surface area (Å²) in [6.07, 6.45) is 1.64. The van der Waals surface area contributed by atoms with Crippen molar-refractivity contribution in [1.82, 2.24) is 4.98 Å². The van der Waals surface area contributed by atoms with Gasteiger partial charge in [-0.25, -0.2) is 4.98 Å². The lowest BCUT2D eigenvalue weighted by Crippen LogP contribution is -2.12. The number of anilines is 3. The summed E-state index contributed by atoms with van der Waals surface area (Å²) in [7, 11) is 0. The van der Waals surface area contributed by atoms with E-state index in [4.69, 9.17) is 0 Å². The lowest BCUT2D eigenvalue weighted by atomic mass is 10.2. The average molecular weight is 382 g/mol. The molecular weight excluding hydrogens is 366 g/mol. The number of aryl methyl sites for hydroxylation is 1. The summed E-state index contributed by atoms with van der Waals surface area (Å²) in [6, 6.07) is 18.9. The maximum Gasteiger partial charge on any atom is 0.255 e. The van der Waals surface area contributed by atoms with E-state index < -0.39 is 0 Å². The molecule has 2 aromatic carbocycles. The van der Waals surface area contributed by atoms with Gasteiger partial charge >= 0.3 is 0 Å². The third kappa shape index (κ3) is 4.00. The van der Waals surface area contributed by atoms with Crippen LogP contribution in [0.25, 0.3) is 0 Å². The van der Waals surface area contributed by atoms with Gasteiger partial charge in [0.05, 0.1) is 11.9 Å². The van der Waals surface area contributed by atoms with Gasteiger partial charge in [0, 0.05) is 15.7 Å². The first kappa shape index (κ1) is 16.2. The summed E-state index contributed by atoms with van der Waals surface area (Å²) in [5, 5.41) is 6.10. The molecule has 0 aliphatic rings. The van der Waals surface area contributed by atoms with Crippen LogP contribution in [0.3, 0.4) is 0 Å². The second kappa shape index (κ2) is 7.27. The monoisotopic (exact) mass is 381 g/mol. The zero-order valence-electron chi connectivity index (χ0n) is 13.1. The highest BCUT2D eigenvalue weighted by atomic mass is 79.9. The number of hydrogen-bond acceptors (Lipinski definition) is 3. The lowest BCUT2D eigenvalue weighted by molar-refractivity contribution is 0.102.